The fourth-order valence-corrected chi connectivity index (χ4v) is 1.89. The minimum atomic E-state index is -0.538. The molecule has 1 rings (SSSR count). The van der Waals surface area contributed by atoms with E-state index in [0.29, 0.717) is 6.61 Å². The third kappa shape index (κ3) is 7.32. The van der Waals surface area contributed by atoms with Crippen LogP contribution in [0.25, 0.3) is 0 Å². The summed E-state index contributed by atoms with van der Waals surface area (Å²) < 4.78 is 5.04. The molecule has 0 aromatic heterocycles. The normalized spacial score (nSPS) is 11.4. The fraction of sp³-hybridized carbons (Fsp3) is 0.471. The van der Waals surface area contributed by atoms with Gasteiger partial charge < -0.3 is 15.4 Å². The predicted molar refractivity (Wildman–Crippen MR) is 86.6 cm³/mol. The van der Waals surface area contributed by atoms with Crippen molar-refractivity contribution in [1.29, 1.82) is 5.26 Å². The Bertz CT molecular complexity index is 538. The van der Waals surface area contributed by atoms with Crippen LogP contribution < -0.4 is 10.6 Å². The first kappa shape index (κ1) is 18.5. The van der Waals surface area contributed by atoms with Crippen molar-refractivity contribution in [3.63, 3.8) is 0 Å². The average molecular weight is 317 g/mol. The first-order valence-corrected chi connectivity index (χ1v) is 7.64. The van der Waals surface area contributed by atoms with Gasteiger partial charge in [0.15, 0.2) is 0 Å². The highest BCUT2D eigenvalue weighted by Crippen LogP contribution is 2.15. The molecule has 0 radical (unpaired) electrons. The number of rotatable bonds is 8. The molecule has 0 bridgehead atoms. The zero-order chi connectivity index (χ0) is 17.1. The molecule has 0 aliphatic rings. The summed E-state index contributed by atoms with van der Waals surface area (Å²) in [6.45, 7) is 4.65. The molecule has 0 spiro atoms. The summed E-state index contributed by atoms with van der Waals surface area (Å²) in [5, 5.41) is 13.9. The first-order chi connectivity index (χ1) is 11.0. The highest BCUT2D eigenvalue weighted by Gasteiger charge is 2.21. The Morgan fingerprint density at radius 1 is 1.22 bits per heavy atom. The highest BCUT2D eigenvalue weighted by atomic mass is 16.5. The third-order valence-electron chi connectivity index (χ3n) is 3.05. The van der Waals surface area contributed by atoms with Gasteiger partial charge in [-0.05, 0) is 11.5 Å². The van der Waals surface area contributed by atoms with Crippen LogP contribution in [0.4, 0.5) is 4.79 Å². The van der Waals surface area contributed by atoms with Gasteiger partial charge in [0.2, 0.25) is 5.91 Å². The molecule has 23 heavy (non-hydrogen) atoms. The Labute approximate surface area is 136 Å². The second kappa shape index (κ2) is 10.2. The van der Waals surface area contributed by atoms with Gasteiger partial charge in [0.1, 0.15) is 0 Å². The third-order valence-corrected chi connectivity index (χ3v) is 3.05. The van der Waals surface area contributed by atoms with Gasteiger partial charge in [-0.3, -0.25) is 4.79 Å². The maximum atomic E-state index is 12.3. The molecule has 0 aliphatic carbocycles. The summed E-state index contributed by atoms with van der Waals surface area (Å²) >= 11 is 0. The van der Waals surface area contributed by atoms with Crippen molar-refractivity contribution in [2.75, 3.05) is 19.7 Å². The molecule has 0 saturated heterocycles. The van der Waals surface area contributed by atoms with Gasteiger partial charge in [-0.25, -0.2) is 4.79 Å². The maximum absolute atomic E-state index is 12.3. The van der Waals surface area contributed by atoms with Crippen molar-refractivity contribution >= 4 is 12.0 Å². The molecule has 1 atom stereocenters. The van der Waals surface area contributed by atoms with Crippen molar-refractivity contribution in [3.05, 3.63) is 35.9 Å². The maximum Gasteiger partial charge on any atom is 0.407 e. The van der Waals surface area contributed by atoms with Crippen LogP contribution in [-0.4, -0.2) is 31.7 Å². The molecule has 1 aromatic rings. The fourth-order valence-electron chi connectivity index (χ4n) is 1.89. The van der Waals surface area contributed by atoms with E-state index in [2.05, 4.69) is 10.6 Å². The van der Waals surface area contributed by atoms with Gasteiger partial charge in [0.25, 0.3) is 0 Å². The molecule has 2 N–H and O–H groups in total. The quantitative estimate of drug-likeness (QED) is 0.719. The van der Waals surface area contributed by atoms with Gasteiger partial charge in [0, 0.05) is 13.1 Å². The van der Waals surface area contributed by atoms with E-state index in [1.54, 1.807) is 0 Å². The molecule has 1 unspecified atom stereocenters. The smallest absolute Gasteiger partial charge is 0.407 e. The van der Waals surface area contributed by atoms with Crippen molar-refractivity contribution in [1.82, 2.24) is 10.6 Å². The molecule has 0 saturated carbocycles. The molecule has 2 amide bonds. The molecular formula is C17H23N3O3. The van der Waals surface area contributed by atoms with Gasteiger partial charge in [-0.2, -0.15) is 5.26 Å². The lowest BCUT2D eigenvalue weighted by atomic mass is 9.98. The Kier molecular flexibility index (Phi) is 8.22. The number of carbonyl (C=O) groups excluding carboxylic acids is 2. The lowest BCUT2D eigenvalue weighted by Gasteiger charge is -2.18. The Balaban J connectivity index is 2.63. The molecule has 6 nitrogen and oxygen atoms in total. The Hall–Kier alpha value is -2.55. The minimum absolute atomic E-state index is 0.138. The standard InChI is InChI=1S/C17H23N3O3/c1-13(2)12-23-17(22)20-11-15(14-7-4-3-5-8-14)16(21)19-10-6-9-18/h3-5,7-8,13,15H,6,10-12H2,1-2H3,(H,19,21)(H,20,22). The highest BCUT2D eigenvalue weighted by molar-refractivity contribution is 5.84. The molecule has 0 aliphatic heterocycles. The summed E-state index contributed by atoms with van der Waals surface area (Å²) in [4.78, 5) is 23.9. The average Bonchev–Trinajstić information content (AvgIpc) is 2.54. The monoisotopic (exact) mass is 317 g/mol. The van der Waals surface area contributed by atoms with Gasteiger partial charge >= 0.3 is 6.09 Å². The van der Waals surface area contributed by atoms with Gasteiger partial charge in [-0.1, -0.05) is 44.2 Å². The number of nitrogens with zero attached hydrogens (tertiary/aromatic N) is 1. The number of hydrogen-bond acceptors (Lipinski definition) is 4. The summed E-state index contributed by atoms with van der Waals surface area (Å²) in [5.41, 5.74) is 0.797. The van der Waals surface area contributed by atoms with Crippen LogP contribution in [-0.2, 0) is 9.53 Å². The van der Waals surface area contributed by atoms with Crippen LogP contribution in [0.1, 0.15) is 31.7 Å². The summed E-state index contributed by atoms with van der Waals surface area (Å²) in [7, 11) is 0. The second-order valence-corrected chi connectivity index (χ2v) is 5.54. The molecule has 124 valence electrons. The van der Waals surface area contributed by atoms with Crippen LogP contribution in [0.3, 0.4) is 0 Å². The van der Waals surface area contributed by atoms with Crippen LogP contribution in [0.5, 0.6) is 0 Å². The summed E-state index contributed by atoms with van der Waals surface area (Å²) in [5.74, 6) is -0.503. The van der Waals surface area contributed by atoms with Crippen molar-refractivity contribution in [2.45, 2.75) is 26.2 Å². The lowest BCUT2D eigenvalue weighted by molar-refractivity contribution is -0.122. The van der Waals surface area contributed by atoms with E-state index in [9.17, 15) is 9.59 Å². The topological polar surface area (TPSA) is 91.2 Å². The molecule has 1 aromatic carbocycles. The van der Waals surface area contributed by atoms with E-state index >= 15 is 0 Å². The van der Waals surface area contributed by atoms with Gasteiger partial charge in [-0.15, -0.1) is 0 Å². The minimum Gasteiger partial charge on any atom is -0.449 e. The number of nitrogens with one attached hydrogen (secondary N) is 2. The summed E-state index contributed by atoms with van der Waals surface area (Å²) in [6.07, 6.45) is -0.290. The number of nitriles is 1. The lowest BCUT2D eigenvalue weighted by Crippen LogP contribution is -2.38. The van der Waals surface area contributed by atoms with E-state index in [0.717, 1.165) is 5.56 Å². The number of carbonyl (C=O) groups is 2. The van der Waals surface area contributed by atoms with E-state index in [1.165, 1.54) is 0 Å². The Morgan fingerprint density at radius 3 is 2.52 bits per heavy atom. The zero-order valence-corrected chi connectivity index (χ0v) is 13.5. The summed E-state index contributed by atoms with van der Waals surface area (Å²) in [6, 6.07) is 11.2. The number of benzene rings is 1. The Morgan fingerprint density at radius 2 is 1.91 bits per heavy atom. The van der Waals surface area contributed by atoms with E-state index in [-0.39, 0.29) is 31.3 Å². The zero-order valence-electron chi connectivity index (χ0n) is 13.5. The van der Waals surface area contributed by atoms with Crippen molar-refractivity contribution in [2.24, 2.45) is 5.92 Å². The predicted octanol–water partition coefficient (Wildman–Crippen LogP) is 2.18. The van der Waals surface area contributed by atoms with Crippen LogP contribution in [0.2, 0.25) is 0 Å². The van der Waals surface area contributed by atoms with Crippen molar-refractivity contribution < 1.29 is 14.3 Å². The van der Waals surface area contributed by atoms with Crippen LogP contribution in [0, 0.1) is 17.2 Å². The van der Waals surface area contributed by atoms with E-state index in [1.807, 2.05) is 50.2 Å². The van der Waals surface area contributed by atoms with Crippen LogP contribution in [0.15, 0.2) is 30.3 Å². The molecule has 0 heterocycles. The van der Waals surface area contributed by atoms with E-state index < -0.39 is 12.0 Å². The van der Waals surface area contributed by atoms with E-state index in [4.69, 9.17) is 10.00 Å². The number of alkyl carbamates (subject to hydrolysis) is 1. The van der Waals surface area contributed by atoms with Crippen molar-refractivity contribution in [3.8, 4) is 6.07 Å². The molecular weight excluding hydrogens is 294 g/mol. The second-order valence-electron chi connectivity index (χ2n) is 5.54. The molecule has 0 fully saturated rings. The van der Waals surface area contributed by atoms with Gasteiger partial charge in [0.05, 0.1) is 25.0 Å². The molecule has 6 heteroatoms. The number of hydrogen-bond donors (Lipinski definition) is 2. The first-order valence-electron chi connectivity index (χ1n) is 7.64. The number of ether oxygens (including phenoxy) is 1. The SMILES string of the molecule is CC(C)COC(=O)NCC(C(=O)NCCC#N)c1ccccc1. The largest absolute Gasteiger partial charge is 0.449 e. The number of amides is 2. The van der Waals surface area contributed by atoms with Crippen LogP contribution >= 0.6 is 0 Å².